The summed E-state index contributed by atoms with van der Waals surface area (Å²) in [5, 5.41) is 2.16. The maximum Gasteiger partial charge on any atom is 0.429 e. The van der Waals surface area contributed by atoms with Gasteiger partial charge in [-0.05, 0) is 24.3 Å². The molecule has 18 heavy (non-hydrogen) atoms. The number of benzene rings is 1. The molecule has 0 aromatic heterocycles. The fourth-order valence-electron chi connectivity index (χ4n) is 1.40. The number of methoxy groups -OCH3 is 1. The average Bonchev–Trinajstić information content (AvgIpc) is 3.10. The molecule has 0 unspecified atom stereocenters. The van der Waals surface area contributed by atoms with Gasteiger partial charge in [-0.1, -0.05) is 0 Å². The molecule has 1 heterocycles. The van der Waals surface area contributed by atoms with Gasteiger partial charge in [0.15, 0.2) is 0 Å². The van der Waals surface area contributed by atoms with Crippen LogP contribution in [0.4, 0.5) is 18.9 Å². The first-order chi connectivity index (χ1) is 8.39. The number of hydrogen-bond acceptors (Lipinski definition) is 3. The van der Waals surface area contributed by atoms with E-state index in [2.05, 4.69) is 10.1 Å². The molecule has 1 N–H and O–H groups in total. The number of halogens is 3. The highest BCUT2D eigenvalue weighted by molar-refractivity contribution is 5.99. The van der Waals surface area contributed by atoms with E-state index in [9.17, 15) is 18.0 Å². The summed E-state index contributed by atoms with van der Waals surface area (Å²) in [6.45, 7) is -0.640. The molecular formula is C11H10F3NO3. The van der Waals surface area contributed by atoms with Gasteiger partial charge in [0.2, 0.25) is 0 Å². The predicted octanol–water partition coefficient (Wildman–Crippen LogP) is 1.96. The van der Waals surface area contributed by atoms with E-state index in [4.69, 9.17) is 4.74 Å². The number of rotatable bonds is 3. The molecular weight excluding hydrogens is 251 g/mol. The molecule has 2 rings (SSSR count). The Labute approximate surface area is 101 Å². The van der Waals surface area contributed by atoms with E-state index in [1.165, 1.54) is 31.4 Å². The number of carbonyl (C=O) groups excluding carboxylic acids is 1. The van der Waals surface area contributed by atoms with Crippen molar-refractivity contribution < 1.29 is 27.4 Å². The zero-order chi connectivity index (χ0) is 13.4. The molecule has 7 heteroatoms. The van der Waals surface area contributed by atoms with Crippen molar-refractivity contribution in [3.63, 3.8) is 0 Å². The van der Waals surface area contributed by atoms with E-state index in [0.29, 0.717) is 5.75 Å². The minimum atomic E-state index is -4.70. The topological polar surface area (TPSA) is 50.9 Å². The van der Waals surface area contributed by atoms with E-state index in [1.807, 2.05) is 0 Å². The van der Waals surface area contributed by atoms with Crippen LogP contribution >= 0.6 is 0 Å². The van der Waals surface area contributed by atoms with Gasteiger partial charge in [0.25, 0.3) is 11.5 Å². The molecule has 1 aromatic rings. The number of carbonyl (C=O) groups is 1. The Morgan fingerprint density at radius 1 is 1.39 bits per heavy atom. The fourth-order valence-corrected chi connectivity index (χ4v) is 1.40. The van der Waals surface area contributed by atoms with Crippen molar-refractivity contribution in [1.82, 2.24) is 0 Å². The summed E-state index contributed by atoms with van der Waals surface area (Å²) in [7, 11) is 1.46. The van der Waals surface area contributed by atoms with Gasteiger partial charge in [-0.3, -0.25) is 4.79 Å². The highest BCUT2D eigenvalue weighted by Crippen LogP contribution is 2.44. The lowest BCUT2D eigenvalue weighted by molar-refractivity contribution is -0.186. The molecule has 4 nitrogen and oxygen atoms in total. The second-order valence-electron chi connectivity index (χ2n) is 3.80. The fraction of sp³-hybridized carbons (Fsp3) is 0.364. The van der Waals surface area contributed by atoms with Crippen LogP contribution in [0, 0.1) is 0 Å². The standard InChI is InChI=1S/C11H10F3NO3/c1-17-8-4-2-7(3-5-8)15-9(16)10(6-18-10)11(12,13)14/h2-5H,6H2,1H3,(H,15,16)/t10-/m1/s1. The molecule has 1 aliphatic heterocycles. The van der Waals surface area contributed by atoms with Crippen molar-refractivity contribution in [3.8, 4) is 5.75 Å². The first-order valence-electron chi connectivity index (χ1n) is 5.05. The summed E-state index contributed by atoms with van der Waals surface area (Å²) < 4.78 is 46.9. The normalized spacial score (nSPS) is 22.4. The van der Waals surface area contributed by atoms with Crippen molar-refractivity contribution in [1.29, 1.82) is 0 Å². The summed E-state index contributed by atoms with van der Waals surface area (Å²) in [4.78, 5) is 11.5. The van der Waals surface area contributed by atoms with Gasteiger partial charge >= 0.3 is 6.18 Å². The van der Waals surface area contributed by atoms with Crippen LogP contribution in [-0.4, -0.2) is 31.4 Å². The highest BCUT2D eigenvalue weighted by Gasteiger charge is 2.71. The Kier molecular flexibility index (Phi) is 2.94. The highest BCUT2D eigenvalue weighted by atomic mass is 19.4. The minimum absolute atomic E-state index is 0.250. The smallest absolute Gasteiger partial charge is 0.429 e. The number of ether oxygens (including phenoxy) is 2. The van der Waals surface area contributed by atoms with Gasteiger partial charge in [0.1, 0.15) is 5.75 Å². The third-order valence-electron chi connectivity index (χ3n) is 2.61. The van der Waals surface area contributed by atoms with Crippen molar-refractivity contribution >= 4 is 11.6 Å². The Morgan fingerprint density at radius 3 is 2.33 bits per heavy atom. The zero-order valence-electron chi connectivity index (χ0n) is 9.38. The predicted molar refractivity (Wildman–Crippen MR) is 56.4 cm³/mol. The number of anilines is 1. The van der Waals surface area contributed by atoms with Crippen molar-refractivity contribution in [2.75, 3.05) is 19.0 Å². The molecule has 0 bridgehead atoms. The van der Waals surface area contributed by atoms with Crippen molar-refractivity contribution in [2.24, 2.45) is 0 Å². The average molecular weight is 261 g/mol. The second kappa shape index (κ2) is 4.16. The first kappa shape index (κ1) is 12.7. The Morgan fingerprint density at radius 2 is 1.94 bits per heavy atom. The van der Waals surface area contributed by atoms with Crippen LogP contribution < -0.4 is 10.1 Å². The Hall–Kier alpha value is -1.76. The van der Waals surface area contributed by atoms with Gasteiger partial charge in [-0.25, -0.2) is 0 Å². The summed E-state index contributed by atoms with van der Waals surface area (Å²) in [6.07, 6.45) is -4.70. The lowest BCUT2D eigenvalue weighted by Crippen LogP contribution is -2.44. The van der Waals surface area contributed by atoms with Gasteiger partial charge in [0.05, 0.1) is 13.7 Å². The molecule has 98 valence electrons. The summed E-state index contributed by atoms with van der Waals surface area (Å²) in [6, 6.07) is 5.96. The molecule has 0 spiro atoms. The number of epoxide rings is 1. The molecule has 1 fully saturated rings. The van der Waals surface area contributed by atoms with Crippen LogP contribution in [0.2, 0.25) is 0 Å². The number of nitrogens with one attached hydrogen (secondary N) is 1. The van der Waals surface area contributed by atoms with Gasteiger partial charge < -0.3 is 14.8 Å². The first-order valence-corrected chi connectivity index (χ1v) is 5.05. The lowest BCUT2D eigenvalue weighted by atomic mass is 10.1. The molecule has 1 aliphatic rings. The van der Waals surface area contributed by atoms with E-state index >= 15 is 0 Å². The largest absolute Gasteiger partial charge is 0.497 e. The second-order valence-corrected chi connectivity index (χ2v) is 3.80. The number of alkyl halides is 3. The monoisotopic (exact) mass is 261 g/mol. The molecule has 0 aliphatic carbocycles. The molecule has 1 saturated heterocycles. The minimum Gasteiger partial charge on any atom is -0.497 e. The van der Waals surface area contributed by atoms with Crippen LogP contribution in [0.5, 0.6) is 5.75 Å². The zero-order valence-corrected chi connectivity index (χ0v) is 9.38. The molecule has 0 saturated carbocycles. The van der Waals surface area contributed by atoms with Crippen molar-refractivity contribution in [2.45, 2.75) is 11.8 Å². The number of hydrogen-bond donors (Lipinski definition) is 1. The maximum absolute atomic E-state index is 12.6. The third kappa shape index (κ3) is 2.13. The lowest BCUT2D eigenvalue weighted by Gasteiger charge is -2.15. The van der Waals surface area contributed by atoms with Crippen molar-refractivity contribution in [3.05, 3.63) is 24.3 Å². The van der Waals surface area contributed by atoms with Gasteiger partial charge in [-0.15, -0.1) is 0 Å². The summed E-state index contributed by atoms with van der Waals surface area (Å²) in [5.41, 5.74) is -2.44. The van der Waals surface area contributed by atoms with Gasteiger partial charge in [0, 0.05) is 5.69 Å². The summed E-state index contributed by atoms with van der Waals surface area (Å²) in [5.74, 6) is -0.665. The van der Waals surface area contributed by atoms with Crippen LogP contribution in [0.25, 0.3) is 0 Å². The van der Waals surface area contributed by atoms with Gasteiger partial charge in [-0.2, -0.15) is 13.2 Å². The van der Waals surface area contributed by atoms with Crippen LogP contribution in [0.1, 0.15) is 0 Å². The van der Waals surface area contributed by atoms with E-state index in [0.717, 1.165) is 0 Å². The maximum atomic E-state index is 12.6. The SMILES string of the molecule is COc1ccc(NC(=O)[C@@]2(C(F)(F)F)CO2)cc1. The molecule has 0 radical (unpaired) electrons. The quantitative estimate of drug-likeness (QED) is 0.846. The molecule has 1 atom stereocenters. The van der Waals surface area contributed by atoms with Crippen LogP contribution in [0.15, 0.2) is 24.3 Å². The van der Waals surface area contributed by atoms with Crippen LogP contribution in [0.3, 0.4) is 0 Å². The molecule has 1 aromatic carbocycles. The van der Waals surface area contributed by atoms with E-state index in [-0.39, 0.29) is 5.69 Å². The van der Waals surface area contributed by atoms with E-state index < -0.39 is 24.3 Å². The number of amides is 1. The van der Waals surface area contributed by atoms with E-state index in [1.54, 1.807) is 0 Å². The van der Waals surface area contributed by atoms with Crippen LogP contribution in [-0.2, 0) is 9.53 Å². The third-order valence-corrected chi connectivity index (χ3v) is 2.61. The Bertz CT molecular complexity index is 452. The Balaban J connectivity index is 2.08. The molecule has 1 amide bonds. The summed E-state index contributed by atoms with van der Waals surface area (Å²) >= 11 is 0.